The summed E-state index contributed by atoms with van der Waals surface area (Å²) in [5.74, 6) is -0.338. The third kappa shape index (κ3) is 3.35. The Balaban J connectivity index is 1.87. The Labute approximate surface area is 140 Å². The van der Waals surface area contributed by atoms with Gasteiger partial charge in [0.2, 0.25) is 0 Å². The van der Waals surface area contributed by atoms with Gasteiger partial charge in [0.05, 0.1) is 24.1 Å². The van der Waals surface area contributed by atoms with E-state index in [0.29, 0.717) is 12.2 Å². The van der Waals surface area contributed by atoms with Crippen molar-refractivity contribution in [3.8, 4) is 16.9 Å². The molecule has 0 saturated carbocycles. The molecule has 5 heteroatoms. The van der Waals surface area contributed by atoms with Gasteiger partial charge < -0.3 is 4.74 Å². The molecule has 0 unspecified atom stereocenters. The molecule has 0 amide bonds. The van der Waals surface area contributed by atoms with Crippen LogP contribution in [0.5, 0.6) is 0 Å². The topological polar surface area (TPSA) is 57.0 Å². The molecule has 5 nitrogen and oxygen atoms in total. The molecule has 3 rings (SSSR count). The van der Waals surface area contributed by atoms with Crippen LogP contribution in [0.15, 0.2) is 54.7 Å². The van der Waals surface area contributed by atoms with Gasteiger partial charge >= 0.3 is 5.97 Å². The van der Waals surface area contributed by atoms with Crippen molar-refractivity contribution in [2.45, 2.75) is 20.3 Å². The van der Waals surface area contributed by atoms with Crippen molar-refractivity contribution >= 4 is 5.97 Å². The average Bonchev–Trinajstić information content (AvgIpc) is 3.12. The van der Waals surface area contributed by atoms with Gasteiger partial charge in [-0.05, 0) is 37.1 Å². The van der Waals surface area contributed by atoms with E-state index in [1.165, 1.54) is 5.56 Å². The van der Waals surface area contributed by atoms with E-state index in [9.17, 15) is 4.79 Å². The predicted molar refractivity (Wildman–Crippen MR) is 92.1 cm³/mol. The highest BCUT2D eigenvalue weighted by Crippen LogP contribution is 2.19. The minimum Gasteiger partial charge on any atom is -0.462 e. The van der Waals surface area contributed by atoms with E-state index < -0.39 is 0 Å². The lowest BCUT2D eigenvalue weighted by molar-refractivity contribution is 0.0526. The number of hydrogen-bond donors (Lipinski definition) is 0. The number of esters is 1. The zero-order chi connectivity index (χ0) is 16.9. The minimum absolute atomic E-state index is 0.338. The third-order valence-electron chi connectivity index (χ3n) is 3.77. The van der Waals surface area contributed by atoms with Crippen molar-refractivity contribution in [1.29, 1.82) is 0 Å². The van der Waals surface area contributed by atoms with Gasteiger partial charge in [-0.25, -0.2) is 9.48 Å². The Morgan fingerprint density at radius 2 is 1.92 bits per heavy atom. The molecule has 0 N–H and O–H groups in total. The van der Waals surface area contributed by atoms with Crippen LogP contribution in [-0.2, 0) is 11.2 Å². The molecule has 0 saturated heterocycles. The molecule has 1 heterocycles. The molecular weight excluding hydrogens is 302 g/mol. The molecule has 0 radical (unpaired) electrons. The van der Waals surface area contributed by atoms with E-state index in [0.717, 1.165) is 23.4 Å². The standard InChI is InChI=1S/C19H19N3O2/c1-3-14-8-10-15(11-9-14)18-13-22(21-20-18)17-7-5-6-16(12-17)19(23)24-4-2/h5-13H,3-4H2,1-2H3. The predicted octanol–water partition coefficient (Wildman–Crippen LogP) is 3.67. The maximum absolute atomic E-state index is 11.8. The largest absolute Gasteiger partial charge is 0.462 e. The summed E-state index contributed by atoms with van der Waals surface area (Å²) in [5, 5.41) is 8.39. The number of carbonyl (C=O) groups excluding carboxylic acids is 1. The highest BCUT2D eigenvalue weighted by atomic mass is 16.5. The second-order valence-electron chi connectivity index (χ2n) is 5.37. The lowest BCUT2D eigenvalue weighted by Crippen LogP contribution is -2.05. The fraction of sp³-hybridized carbons (Fsp3) is 0.211. The molecule has 0 aliphatic heterocycles. The van der Waals surface area contributed by atoms with E-state index in [4.69, 9.17) is 4.74 Å². The molecule has 0 spiro atoms. The van der Waals surface area contributed by atoms with Crippen molar-refractivity contribution in [3.05, 3.63) is 65.9 Å². The summed E-state index contributed by atoms with van der Waals surface area (Å²) >= 11 is 0. The van der Waals surface area contributed by atoms with Gasteiger partial charge in [-0.1, -0.05) is 42.5 Å². The second-order valence-corrected chi connectivity index (χ2v) is 5.37. The van der Waals surface area contributed by atoms with Crippen molar-refractivity contribution < 1.29 is 9.53 Å². The summed E-state index contributed by atoms with van der Waals surface area (Å²) in [6.07, 6.45) is 2.86. The second kappa shape index (κ2) is 7.08. The first-order valence-corrected chi connectivity index (χ1v) is 8.00. The van der Waals surface area contributed by atoms with Crippen LogP contribution >= 0.6 is 0 Å². The summed E-state index contributed by atoms with van der Waals surface area (Å²) in [4.78, 5) is 11.8. The molecule has 0 aliphatic rings. The zero-order valence-electron chi connectivity index (χ0n) is 13.8. The van der Waals surface area contributed by atoms with E-state index in [1.54, 1.807) is 29.8 Å². The van der Waals surface area contributed by atoms with Crippen molar-refractivity contribution in [2.24, 2.45) is 0 Å². The summed E-state index contributed by atoms with van der Waals surface area (Å²) in [7, 11) is 0. The normalized spacial score (nSPS) is 10.6. The van der Waals surface area contributed by atoms with Gasteiger partial charge in [0.1, 0.15) is 5.69 Å². The Bertz CT molecular complexity index is 838. The summed E-state index contributed by atoms with van der Waals surface area (Å²) in [6, 6.07) is 15.4. The Hall–Kier alpha value is -2.95. The first-order valence-electron chi connectivity index (χ1n) is 8.00. The van der Waals surface area contributed by atoms with Crippen LogP contribution in [0.25, 0.3) is 16.9 Å². The fourth-order valence-corrected chi connectivity index (χ4v) is 2.42. The van der Waals surface area contributed by atoms with Crippen LogP contribution in [0.1, 0.15) is 29.8 Å². The Kier molecular flexibility index (Phi) is 4.70. The Morgan fingerprint density at radius 1 is 1.12 bits per heavy atom. The smallest absolute Gasteiger partial charge is 0.338 e. The number of carbonyl (C=O) groups is 1. The molecule has 24 heavy (non-hydrogen) atoms. The van der Waals surface area contributed by atoms with E-state index >= 15 is 0 Å². The lowest BCUT2D eigenvalue weighted by Gasteiger charge is -2.04. The summed E-state index contributed by atoms with van der Waals surface area (Å²) in [6.45, 7) is 4.27. The quantitative estimate of drug-likeness (QED) is 0.673. The number of ether oxygens (including phenoxy) is 1. The zero-order valence-corrected chi connectivity index (χ0v) is 13.8. The molecule has 0 fully saturated rings. The Morgan fingerprint density at radius 3 is 2.62 bits per heavy atom. The van der Waals surface area contributed by atoms with Gasteiger partial charge in [0.15, 0.2) is 0 Å². The third-order valence-corrected chi connectivity index (χ3v) is 3.77. The van der Waals surface area contributed by atoms with Crippen LogP contribution in [0.2, 0.25) is 0 Å². The highest BCUT2D eigenvalue weighted by Gasteiger charge is 2.10. The first-order chi connectivity index (χ1) is 11.7. The van der Waals surface area contributed by atoms with Gasteiger partial charge in [-0.3, -0.25) is 0 Å². The number of nitrogens with zero attached hydrogens (tertiary/aromatic N) is 3. The molecule has 0 aliphatic carbocycles. The summed E-state index contributed by atoms with van der Waals surface area (Å²) < 4.78 is 6.69. The van der Waals surface area contributed by atoms with Crippen molar-refractivity contribution in [3.63, 3.8) is 0 Å². The fourth-order valence-electron chi connectivity index (χ4n) is 2.42. The van der Waals surface area contributed by atoms with Crippen LogP contribution < -0.4 is 0 Å². The molecule has 122 valence electrons. The molecule has 1 aromatic heterocycles. The SMILES string of the molecule is CCOC(=O)c1cccc(-n2cc(-c3ccc(CC)cc3)nn2)c1. The maximum Gasteiger partial charge on any atom is 0.338 e. The van der Waals surface area contributed by atoms with Gasteiger partial charge in [-0.15, -0.1) is 5.10 Å². The molecule has 2 aromatic carbocycles. The van der Waals surface area contributed by atoms with Crippen LogP contribution in [-0.4, -0.2) is 27.6 Å². The van der Waals surface area contributed by atoms with E-state index in [1.807, 2.05) is 24.4 Å². The minimum atomic E-state index is -0.338. The monoisotopic (exact) mass is 321 g/mol. The van der Waals surface area contributed by atoms with Crippen molar-refractivity contribution in [2.75, 3.05) is 6.61 Å². The number of aryl methyl sites for hydroxylation is 1. The van der Waals surface area contributed by atoms with Gasteiger partial charge in [0.25, 0.3) is 0 Å². The first kappa shape index (κ1) is 15.9. The number of aromatic nitrogens is 3. The molecule has 0 bridgehead atoms. The number of benzene rings is 2. The van der Waals surface area contributed by atoms with E-state index in [2.05, 4.69) is 29.4 Å². The van der Waals surface area contributed by atoms with Gasteiger partial charge in [0, 0.05) is 5.56 Å². The molecule has 0 atom stereocenters. The van der Waals surface area contributed by atoms with Crippen LogP contribution in [0, 0.1) is 0 Å². The van der Waals surface area contributed by atoms with Crippen LogP contribution in [0.4, 0.5) is 0 Å². The number of hydrogen-bond acceptors (Lipinski definition) is 4. The summed E-state index contributed by atoms with van der Waals surface area (Å²) in [5.41, 5.74) is 4.36. The van der Waals surface area contributed by atoms with E-state index in [-0.39, 0.29) is 5.97 Å². The van der Waals surface area contributed by atoms with Crippen molar-refractivity contribution in [1.82, 2.24) is 15.0 Å². The highest BCUT2D eigenvalue weighted by molar-refractivity contribution is 5.90. The molecule has 3 aromatic rings. The van der Waals surface area contributed by atoms with Crippen LogP contribution in [0.3, 0.4) is 0 Å². The average molecular weight is 321 g/mol. The molecular formula is C19H19N3O2. The maximum atomic E-state index is 11.8. The number of rotatable bonds is 5. The lowest BCUT2D eigenvalue weighted by atomic mass is 10.1. The van der Waals surface area contributed by atoms with Gasteiger partial charge in [-0.2, -0.15) is 0 Å².